The molecule has 0 N–H and O–H groups in total. The van der Waals surface area contributed by atoms with Crippen LogP contribution in [0.4, 0.5) is 0 Å². The standard InChI is InChI=1S/C16H31O2P2Si/c1-12-10-14(8-9-20(17)19)11-15(13(12)2)18-21(6,7)16(3,4)5/h8,12,15H,2,9-11,19H2,1,3-7H3/q+1/b14-8+/t12-,15-/m1/s1. The summed E-state index contributed by atoms with van der Waals surface area (Å²) in [6, 6.07) is 0. The number of rotatable bonds is 4. The van der Waals surface area contributed by atoms with Crippen LogP contribution in [0.5, 0.6) is 0 Å². The first-order chi connectivity index (χ1) is 9.44. The lowest BCUT2D eigenvalue weighted by Crippen LogP contribution is -2.45. The molecule has 2 unspecified atom stereocenters. The summed E-state index contributed by atoms with van der Waals surface area (Å²) in [6.45, 7) is 17.9. The van der Waals surface area contributed by atoms with E-state index in [9.17, 15) is 4.57 Å². The summed E-state index contributed by atoms with van der Waals surface area (Å²) in [6.07, 6.45) is 4.88. The lowest BCUT2D eigenvalue weighted by atomic mass is 9.81. The predicted octanol–water partition coefficient (Wildman–Crippen LogP) is 5.91. The van der Waals surface area contributed by atoms with E-state index in [1.807, 2.05) is 0 Å². The van der Waals surface area contributed by atoms with Gasteiger partial charge in [0.2, 0.25) is 0 Å². The van der Waals surface area contributed by atoms with Gasteiger partial charge in [-0.2, -0.15) is 0 Å². The van der Waals surface area contributed by atoms with Gasteiger partial charge in [-0.3, -0.25) is 0 Å². The van der Waals surface area contributed by atoms with E-state index in [1.165, 1.54) is 11.1 Å². The van der Waals surface area contributed by atoms with Gasteiger partial charge in [-0.15, -0.1) is 0 Å². The second-order valence-corrected chi connectivity index (χ2v) is 15.4. The Kier molecular flexibility index (Phi) is 6.57. The van der Waals surface area contributed by atoms with Crippen molar-refractivity contribution in [3.05, 3.63) is 23.8 Å². The molecule has 2 nitrogen and oxygen atoms in total. The van der Waals surface area contributed by atoms with E-state index < -0.39 is 15.8 Å². The lowest BCUT2D eigenvalue weighted by Gasteiger charge is -2.42. The van der Waals surface area contributed by atoms with Gasteiger partial charge in [-0.1, -0.05) is 44.4 Å². The molecule has 1 fully saturated rings. The lowest BCUT2D eigenvalue weighted by molar-refractivity contribution is 0.189. The van der Waals surface area contributed by atoms with Gasteiger partial charge in [-0.25, -0.2) is 0 Å². The molecular formula is C16H31O2P2Si+. The average molecular weight is 345 g/mol. The SMILES string of the molecule is C=C1[C@H](C)C/C(=C\C[P+](=O)P)C[C@H]1O[Si](C)(C)C(C)(C)C. The van der Waals surface area contributed by atoms with Gasteiger partial charge in [0, 0.05) is 0 Å². The fourth-order valence-corrected chi connectivity index (χ4v) is 4.38. The van der Waals surface area contributed by atoms with Gasteiger partial charge in [0.25, 0.3) is 0 Å². The first-order valence-electron chi connectivity index (χ1n) is 7.68. The van der Waals surface area contributed by atoms with E-state index in [-0.39, 0.29) is 11.1 Å². The van der Waals surface area contributed by atoms with Crippen molar-refractivity contribution in [3.63, 3.8) is 0 Å². The minimum atomic E-state index is -1.79. The Morgan fingerprint density at radius 3 is 2.48 bits per heavy atom. The van der Waals surface area contributed by atoms with Crippen LogP contribution in [0.15, 0.2) is 23.8 Å². The molecule has 1 aliphatic carbocycles. The fourth-order valence-electron chi connectivity index (χ4n) is 2.33. The van der Waals surface area contributed by atoms with Crippen LogP contribution in [-0.4, -0.2) is 20.6 Å². The Labute approximate surface area is 134 Å². The molecule has 1 aliphatic rings. The molecule has 0 aromatic carbocycles. The second kappa shape index (κ2) is 7.17. The first-order valence-corrected chi connectivity index (χ1v) is 13.6. The maximum Gasteiger partial charge on any atom is 0.353 e. The molecule has 0 heterocycles. The largest absolute Gasteiger partial charge is 0.410 e. The molecule has 0 bridgehead atoms. The highest BCUT2D eigenvalue weighted by Gasteiger charge is 2.41. The third-order valence-electron chi connectivity index (χ3n) is 4.87. The van der Waals surface area contributed by atoms with Gasteiger partial charge in [0.15, 0.2) is 14.5 Å². The van der Waals surface area contributed by atoms with E-state index in [4.69, 9.17) is 4.43 Å². The van der Waals surface area contributed by atoms with Crippen molar-refractivity contribution in [1.82, 2.24) is 0 Å². The van der Waals surface area contributed by atoms with Crippen molar-refractivity contribution in [3.8, 4) is 0 Å². The Morgan fingerprint density at radius 1 is 1.43 bits per heavy atom. The molecule has 0 radical (unpaired) electrons. The monoisotopic (exact) mass is 345 g/mol. The van der Waals surface area contributed by atoms with Crippen LogP contribution in [-0.2, 0) is 8.99 Å². The van der Waals surface area contributed by atoms with Gasteiger partial charge < -0.3 is 4.43 Å². The normalized spacial score (nSPS) is 27.1. The zero-order valence-corrected chi connectivity index (χ0v) is 17.5. The van der Waals surface area contributed by atoms with Gasteiger partial charge in [-0.05, 0) is 48.5 Å². The van der Waals surface area contributed by atoms with E-state index in [0.29, 0.717) is 12.1 Å². The highest BCUT2D eigenvalue weighted by Crippen LogP contribution is 2.42. The molecule has 0 amide bonds. The molecule has 4 atom stereocenters. The Morgan fingerprint density at radius 2 is 2.00 bits per heavy atom. The summed E-state index contributed by atoms with van der Waals surface area (Å²) in [7, 11) is -0.570. The van der Waals surface area contributed by atoms with Gasteiger partial charge >= 0.3 is 7.49 Å². The van der Waals surface area contributed by atoms with E-state index in [1.54, 1.807) is 0 Å². The molecule has 21 heavy (non-hydrogen) atoms. The van der Waals surface area contributed by atoms with E-state index in [2.05, 4.69) is 62.4 Å². The van der Waals surface area contributed by atoms with Crippen LogP contribution in [0, 0.1) is 5.92 Å². The summed E-state index contributed by atoms with van der Waals surface area (Å²) in [5.41, 5.74) is 2.61. The van der Waals surface area contributed by atoms with Gasteiger partial charge in [0.1, 0.15) is 8.93 Å². The molecule has 1 rings (SSSR count). The molecule has 0 aliphatic heterocycles. The van der Waals surface area contributed by atoms with Crippen molar-refractivity contribution >= 4 is 24.7 Å². The number of hydrogen-bond acceptors (Lipinski definition) is 2. The van der Waals surface area contributed by atoms with Crippen molar-refractivity contribution in [2.24, 2.45) is 5.92 Å². The van der Waals surface area contributed by atoms with Crippen LogP contribution < -0.4 is 0 Å². The molecule has 1 saturated carbocycles. The topological polar surface area (TPSA) is 26.3 Å². The second-order valence-electron chi connectivity index (χ2n) is 7.71. The van der Waals surface area contributed by atoms with Crippen LogP contribution in [0.2, 0.25) is 18.1 Å². The van der Waals surface area contributed by atoms with Crippen molar-refractivity contribution in [2.45, 2.75) is 64.8 Å². The van der Waals surface area contributed by atoms with Crippen molar-refractivity contribution in [2.75, 3.05) is 6.16 Å². The summed E-state index contributed by atoms with van der Waals surface area (Å²) in [5, 5.41) is 0.210. The maximum atomic E-state index is 11.3. The Balaban J connectivity index is 2.87. The molecule has 0 spiro atoms. The Hall–Kier alpha value is 0.187. The fraction of sp³-hybridized carbons (Fsp3) is 0.750. The third kappa shape index (κ3) is 5.39. The predicted molar refractivity (Wildman–Crippen MR) is 99.9 cm³/mol. The molecular weight excluding hydrogens is 314 g/mol. The highest BCUT2D eigenvalue weighted by atomic mass is 32.0. The molecule has 0 aromatic rings. The average Bonchev–Trinajstić information content (AvgIpc) is 2.30. The molecule has 5 heteroatoms. The number of allylic oxidation sites excluding steroid dienone is 1. The van der Waals surface area contributed by atoms with E-state index >= 15 is 0 Å². The summed E-state index contributed by atoms with van der Waals surface area (Å²) < 4.78 is 17.9. The minimum absolute atomic E-state index is 0.128. The molecule has 120 valence electrons. The van der Waals surface area contributed by atoms with Crippen LogP contribution >= 0.6 is 16.4 Å². The van der Waals surface area contributed by atoms with Crippen LogP contribution in [0.3, 0.4) is 0 Å². The summed E-state index contributed by atoms with van der Waals surface area (Å²) >= 11 is 0. The first kappa shape index (κ1) is 19.2. The molecule has 0 saturated heterocycles. The van der Waals surface area contributed by atoms with Gasteiger partial charge in [0.05, 0.1) is 6.10 Å². The maximum absolute atomic E-state index is 11.3. The number of hydrogen-bond donors (Lipinski definition) is 0. The smallest absolute Gasteiger partial charge is 0.353 e. The van der Waals surface area contributed by atoms with Crippen LogP contribution in [0.25, 0.3) is 0 Å². The summed E-state index contributed by atoms with van der Waals surface area (Å²) in [5.74, 6) is 0.446. The van der Waals surface area contributed by atoms with Crippen molar-refractivity contribution < 1.29 is 8.99 Å². The third-order valence-corrected chi connectivity index (χ3v) is 10.5. The zero-order chi connectivity index (χ0) is 16.4. The van der Waals surface area contributed by atoms with Crippen LogP contribution in [0.1, 0.15) is 40.5 Å². The quantitative estimate of drug-likeness (QED) is 0.360. The highest BCUT2D eigenvalue weighted by molar-refractivity contribution is 8.06. The summed E-state index contributed by atoms with van der Waals surface area (Å²) in [4.78, 5) is 0. The van der Waals surface area contributed by atoms with E-state index in [0.717, 1.165) is 12.8 Å². The molecule has 0 aromatic heterocycles. The van der Waals surface area contributed by atoms with Crippen molar-refractivity contribution in [1.29, 1.82) is 0 Å². The Bertz CT molecular complexity index is 450. The zero-order valence-electron chi connectivity index (χ0n) is 14.4. The minimum Gasteiger partial charge on any atom is -0.410 e.